The second-order valence-electron chi connectivity index (χ2n) is 7.39. The highest BCUT2D eigenvalue weighted by atomic mass is 16.1. The molecule has 0 aromatic carbocycles. The monoisotopic (exact) mass is 328 g/mol. The molecule has 24 heavy (non-hydrogen) atoms. The molecule has 2 aromatic heterocycles. The number of anilines is 2. The molecule has 0 radical (unpaired) electrons. The van der Waals surface area contributed by atoms with Gasteiger partial charge in [-0.3, -0.25) is 4.79 Å². The number of likely N-dealkylation sites (N-methyl/N-ethyl adjacent to an activating group) is 1. The molecule has 2 aromatic rings. The Bertz CT molecular complexity index is 771. The summed E-state index contributed by atoms with van der Waals surface area (Å²) in [7, 11) is 3.67. The molecule has 3 heterocycles. The maximum atomic E-state index is 11.7. The molecular formula is C17H24N6O. The van der Waals surface area contributed by atoms with Crippen LogP contribution >= 0.6 is 0 Å². The Hall–Kier alpha value is -2.44. The van der Waals surface area contributed by atoms with Crippen LogP contribution < -0.4 is 15.4 Å². The molecule has 1 saturated heterocycles. The van der Waals surface area contributed by atoms with Crippen LogP contribution in [0.1, 0.15) is 26.5 Å². The Balaban J connectivity index is 1.64. The van der Waals surface area contributed by atoms with Gasteiger partial charge in [0.2, 0.25) is 0 Å². The van der Waals surface area contributed by atoms with E-state index in [1.165, 1.54) is 4.57 Å². The first-order valence-corrected chi connectivity index (χ1v) is 8.10. The van der Waals surface area contributed by atoms with Gasteiger partial charge in [-0.05, 0) is 12.1 Å². The van der Waals surface area contributed by atoms with Gasteiger partial charge in [0.1, 0.15) is 5.82 Å². The van der Waals surface area contributed by atoms with E-state index in [9.17, 15) is 4.79 Å². The first kappa shape index (κ1) is 16.4. The van der Waals surface area contributed by atoms with Crippen molar-refractivity contribution in [2.75, 3.05) is 29.9 Å². The van der Waals surface area contributed by atoms with Crippen molar-refractivity contribution in [2.45, 2.75) is 32.2 Å². The van der Waals surface area contributed by atoms with E-state index < -0.39 is 0 Å². The number of hydrogen-bond acceptors (Lipinski definition) is 6. The first-order chi connectivity index (χ1) is 11.3. The van der Waals surface area contributed by atoms with Crippen LogP contribution in [0.4, 0.5) is 11.6 Å². The van der Waals surface area contributed by atoms with E-state index in [-0.39, 0.29) is 11.0 Å². The molecule has 128 valence electrons. The number of hydrogen-bond donors (Lipinski definition) is 0. The van der Waals surface area contributed by atoms with Crippen LogP contribution in [-0.4, -0.2) is 45.9 Å². The Morgan fingerprint density at radius 3 is 2.46 bits per heavy atom. The highest BCUT2D eigenvalue weighted by molar-refractivity contribution is 5.47. The van der Waals surface area contributed by atoms with Crippen LogP contribution in [0, 0.1) is 0 Å². The third-order valence-electron chi connectivity index (χ3n) is 4.48. The lowest BCUT2D eigenvalue weighted by atomic mass is 9.92. The minimum absolute atomic E-state index is 0.00832. The zero-order valence-corrected chi connectivity index (χ0v) is 14.9. The Kier molecular flexibility index (Phi) is 4.03. The third-order valence-corrected chi connectivity index (χ3v) is 4.48. The van der Waals surface area contributed by atoms with Gasteiger partial charge < -0.3 is 14.4 Å². The first-order valence-electron chi connectivity index (χ1n) is 8.10. The van der Waals surface area contributed by atoms with Gasteiger partial charge in [-0.2, -0.15) is 5.10 Å². The van der Waals surface area contributed by atoms with Gasteiger partial charge in [-0.1, -0.05) is 20.8 Å². The molecule has 0 N–H and O–H groups in total. The molecule has 0 aliphatic carbocycles. The Labute approximate surface area is 142 Å². The minimum atomic E-state index is -0.0494. The van der Waals surface area contributed by atoms with E-state index in [1.807, 2.05) is 19.2 Å². The fraction of sp³-hybridized carbons (Fsp3) is 0.529. The molecule has 7 heteroatoms. The number of aromatic nitrogens is 4. The summed E-state index contributed by atoms with van der Waals surface area (Å²) < 4.78 is 1.47. The number of rotatable bonds is 3. The molecule has 0 atom stereocenters. The fourth-order valence-electron chi connectivity index (χ4n) is 2.61. The topological polar surface area (TPSA) is 67.2 Å². The van der Waals surface area contributed by atoms with Gasteiger partial charge >= 0.3 is 0 Å². The number of aryl methyl sites for hydroxylation is 1. The lowest BCUT2D eigenvalue weighted by Crippen LogP contribution is -2.59. The lowest BCUT2D eigenvalue weighted by molar-refractivity contribution is 0.484. The van der Waals surface area contributed by atoms with E-state index in [1.54, 1.807) is 19.4 Å². The molecule has 0 unspecified atom stereocenters. The molecule has 0 amide bonds. The average Bonchev–Trinajstić information content (AvgIpc) is 2.48. The van der Waals surface area contributed by atoms with Crippen molar-refractivity contribution >= 4 is 11.6 Å². The van der Waals surface area contributed by atoms with Gasteiger partial charge in [0.15, 0.2) is 5.82 Å². The third kappa shape index (κ3) is 3.11. The Morgan fingerprint density at radius 2 is 1.92 bits per heavy atom. The smallest absolute Gasteiger partial charge is 0.255 e. The lowest BCUT2D eigenvalue weighted by Gasteiger charge is -2.44. The van der Waals surface area contributed by atoms with Crippen molar-refractivity contribution in [1.82, 2.24) is 19.7 Å². The summed E-state index contributed by atoms with van der Waals surface area (Å²) in [6.07, 6.45) is 1.56. The summed E-state index contributed by atoms with van der Waals surface area (Å²) in [5, 5.41) is 8.69. The molecule has 1 fully saturated rings. The highest BCUT2D eigenvalue weighted by Crippen LogP contribution is 2.25. The predicted octanol–water partition coefficient (Wildman–Crippen LogP) is 1.19. The number of nitrogens with zero attached hydrogens (tertiary/aromatic N) is 6. The standard InChI is InChI=1S/C17H24N6O/c1-17(2,3)13-6-7-14(20-19-13)23-9-12(10-23)22(5)15-8-16(24)21(4)11-18-15/h6-8,11-12H,9-10H2,1-5H3. The van der Waals surface area contributed by atoms with Crippen LogP contribution in [-0.2, 0) is 12.5 Å². The molecule has 1 aliphatic heterocycles. The second kappa shape index (κ2) is 5.89. The van der Waals surface area contributed by atoms with Crippen LogP contribution in [0.5, 0.6) is 0 Å². The van der Waals surface area contributed by atoms with Crippen molar-refractivity contribution in [3.8, 4) is 0 Å². The van der Waals surface area contributed by atoms with Crippen LogP contribution in [0.15, 0.2) is 29.3 Å². The van der Waals surface area contributed by atoms with Gasteiger partial charge in [-0.25, -0.2) is 4.98 Å². The summed E-state index contributed by atoms with van der Waals surface area (Å²) in [5.74, 6) is 1.60. The van der Waals surface area contributed by atoms with Crippen molar-refractivity contribution in [1.29, 1.82) is 0 Å². The fourth-order valence-corrected chi connectivity index (χ4v) is 2.61. The average molecular weight is 328 g/mol. The highest BCUT2D eigenvalue weighted by Gasteiger charge is 2.32. The zero-order chi connectivity index (χ0) is 17.5. The summed E-state index contributed by atoms with van der Waals surface area (Å²) in [6, 6.07) is 5.96. The van der Waals surface area contributed by atoms with Crippen molar-refractivity contribution in [2.24, 2.45) is 7.05 Å². The zero-order valence-electron chi connectivity index (χ0n) is 14.9. The molecular weight excluding hydrogens is 304 g/mol. The molecule has 0 bridgehead atoms. The molecule has 7 nitrogen and oxygen atoms in total. The summed E-state index contributed by atoms with van der Waals surface area (Å²) in [5.41, 5.74) is 0.949. The summed E-state index contributed by atoms with van der Waals surface area (Å²) in [4.78, 5) is 20.3. The van der Waals surface area contributed by atoms with E-state index in [0.29, 0.717) is 11.9 Å². The summed E-state index contributed by atoms with van der Waals surface area (Å²) in [6.45, 7) is 8.07. The maximum Gasteiger partial charge on any atom is 0.255 e. The van der Waals surface area contributed by atoms with E-state index >= 15 is 0 Å². The van der Waals surface area contributed by atoms with Gasteiger partial charge in [0.25, 0.3) is 5.56 Å². The SMILES string of the molecule is CN(c1cc(=O)n(C)cn1)C1CN(c2ccc(C(C)(C)C)nn2)C1. The van der Waals surface area contributed by atoms with Crippen LogP contribution in [0.25, 0.3) is 0 Å². The molecule has 3 rings (SSSR count). The predicted molar refractivity (Wildman–Crippen MR) is 94.6 cm³/mol. The van der Waals surface area contributed by atoms with Crippen molar-refractivity contribution < 1.29 is 0 Å². The molecule has 0 saturated carbocycles. The minimum Gasteiger partial charge on any atom is -0.353 e. The molecule has 1 aliphatic rings. The Morgan fingerprint density at radius 1 is 1.21 bits per heavy atom. The normalized spacial score (nSPS) is 15.3. The van der Waals surface area contributed by atoms with Gasteiger partial charge in [0.05, 0.1) is 18.1 Å². The van der Waals surface area contributed by atoms with E-state index in [0.717, 1.165) is 24.6 Å². The quantitative estimate of drug-likeness (QED) is 0.843. The molecule has 0 spiro atoms. The summed E-state index contributed by atoms with van der Waals surface area (Å²) >= 11 is 0. The second-order valence-corrected chi connectivity index (χ2v) is 7.39. The van der Waals surface area contributed by atoms with Crippen LogP contribution in [0.3, 0.4) is 0 Å². The van der Waals surface area contributed by atoms with Crippen molar-refractivity contribution in [3.05, 3.63) is 40.6 Å². The van der Waals surface area contributed by atoms with Crippen LogP contribution in [0.2, 0.25) is 0 Å². The van der Waals surface area contributed by atoms with Gasteiger partial charge in [-0.15, -0.1) is 5.10 Å². The van der Waals surface area contributed by atoms with E-state index in [4.69, 9.17) is 0 Å². The largest absolute Gasteiger partial charge is 0.353 e. The maximum absolute atomic E-state index is 11.7. The van der Waals surface area contributed by atoms with Crippen molar-refractivity contribution in [3.63, 3.8) is 0 Å². The van der Waals surface area contributed by atoms with E-state index in [2.05, 4.69) is 45.8 Å². The van der Waals surface area contributed by atoms with Gasteiger partial charge in [0, 0.05) is 38.7 Å².